The molecule has 29 heavy (non-hydrogen) atoms. The fourth-order valence-corrected chi connectivity index (χ4v) is 3.48. The first-order chi connectivity index (χ1) is 13.9. The van der Waals surface area contributed by atoms with Gasteiger partial charge in [0, 0.05) is 25.1 Å². The van der Waals surface area contributed by atoms with Crippen molar-refractivity contribution in [3.63, 3.8) is 0 Å². The number of rotatable bonds is 13. The van der Waals surface area contributed by atoms with Gasteiger partial charge in [-0.25, -0.2) is 0 Å². The van der Waals surface area contributed by atoms with Gasteiger partial charge in [0.15, 0.2) is 5.16 Å². The summed E-state index contributed by atoms with van der Waals surface area (Å²) >= 11 is 1.42. The van der Waals surface area contributed by atoms with E-state index >= 15 is 0 Å². The number of hydrogen-bond donors (Lipinski definition) is 2. The summed E-state index contributed by atoms with van der Waals surface area (Å²) in [6.45, 7) is 7.66. The lowest BCUT2D eigenvalue weighted by atomic mass is 10.2. The maximum absolute atomic E-state index is 11.1. The number of thioether (sulfide) groups is 1. The molecular weight excluding hydrogens is 392 g/mol. The summed E-state index contributed by atoms with van der Waals surface area (Å²) in [5.41, 5.74) is 5.25. The third-order valence-electron chi connectivity index (χ3n) is 3.92. The van der Waals surface area contributed by atoms with E-state index in [1.54, 1.807) is 0 Å². The number of hydrogen-bond acceptors (Lipinski definition) is 7. The minimum absolute atomic E-state index is 0.174. The number of amides is 1. The Morgan fingerprint density at radius 2 is 1.86 bits per heavy atom. The highest BCUT2D eigenvalue weighted by Gasteiger charge is 2.16. The quantitative estimate of drug-likeness (QED) is 0.476. The summed E-state index contributed by atoms with van der Waals surface area (Å²) < 4.78 is 13.0. The van der Waals surface area contributed by atoms with Gasteiger partial charge in [-0.1, -0.05) is 25.6 Å². The number of nitrogens with zero attached hydrogens (tertiary/aromatic N) is 3. The lowest BCUT2D eigenvalue weighted by Gasteiger charge is -2.14. The zero-order valence-corrected chi connectivity index (χ0v) is 18.0. The molecule has 0 saturated heterocycles. The van der Waals surface area contributed by atoms with Crippen LogP contribution in [0.1, 0.15) is 33.0 Å². The van der Waals surface area contributed by atoms with Crippen LogP contribution < -0.4 is 15.2 Å². The SMILES string of the molecule is CCOc1ccc(OCC(O)CSc2nnc(CCC(N)=O)n2CC(C)C)cc1. The van der Waals surface area contributed by atoms with Gasteiger partial charge in [-0.15, -0.1) is 10.2 Å². The van der Waals surface area contributed by atoms with Crippen LogP contribution in [0.15, 0.2) is 29.4 Å². The normalized spacial score (nSPS) is 12.2. The van der Waals surface area contributed by atoms with E-state index in [0.717, 1.165) is 23.3 Å². The van der Waals surface area contributed by atoms with Gasteiger partial charge in [0.05, 0.1) is 12.7 Å². The third kappa shape index (κ3) is 7.94. The highest BCUT2D eigenvalue weighted by Crippen LogP contribution is 2.21. The van der Waals surface area contributed by atoms with Crippen LogP contribution in [0.5, 0.6) is 11.5 Å². The molecule has 1 atom stereocenters. The lowest BCUT2D eigenvalue weighted by molar-refractivity contribution is -0.118. The Bertz CT molecular complexity index is 764. The van der Waals surface area contributed by atoms with Crippen molar-refractivity contribution in [2.75, 3.05) is 19.0 Å². The molecule has 9 heteroatoms. The second-order valence-electron chi connectivity index (χ2n) is 7.05. The molecule has 1 heterocycles. The molecule has 0 radical (unpaired) electrons. The van der Waals surface area contributed by atoms with Gasteiger partial charge >= 0.3 is 0 Å². The van der Waals surface area contributed by atoms with Crippen LogP contribution in [-0.4, -0.2) is 50.8 Å². The summed E-state index contributed by atoms with van der Waals surface area (Å²) in [5, 5.41) is 19.4. The Balaban J connectivity index is 1.88. The van der Waals surface area contributed by atoms with Crippen LogP contribution in [0.25, 0.3) is 0 Å². The van der Waals surface area contributed by atoms with E-state index in [2.05, 4.69) is 24.0 Å². The van der Waals surface area contributed by atoms with E-state index in [4.69, 9.17) is 15.2 Å². The van der Waals surface area contributed by atoms with E-state index < -0.39 is 6.10 Å². The summed E-state index contributed by atoms with van der Waals surface area (Å²) in [4.78, 5) is 11.1. The molecule has 2 rings (SSSR count). The molecule has 1 amide bonds. The molecule has 8 nitrogen and oxygen atoms in total. The molecule has 0 aliphatic rings. The maximum atomic E-state index is 11.1. The van der Waals surface area contributed by atoms with Gasteiger partial charge in [-0.3, -0.25) is 4.79 Å². The van der Waals surface area contributed by atoms with E-state index in [1.807, 2.05) is 35.8 Å². The Kier molecular flexibility index (Phi) is 9.27. The molecule has 0 spiro atoms. The number of aromatic nitrogens is 3. The molecule has 1 unspecified atom stereocenters. The standard InChI is InChI=1S/C20H30N4O4S/c1-4-27-16-5-7-17(8-6-16)28-12-15(25)13-29-20-23-22-19(10-9-18(21)26)24(20)11-14(2)3/h5-8,14-15,25H,4,9-13H2,1-3H3,(H2,21,26). The summed E-state index contributed by atoms with van der Waals surface area (Å²) in [6.07, 6.45) is 0.0307. The first kappa shape index (κ1) is 23.0. The van der Waals surface area contributed by atoms with Gasteiger partial charge in [-0.2, -0.15) is 0 Å². The third-order valence-corrected chi connectivity index (χ3v) is 5.03. The minimum Gasteiger partial charge on any atom is -0.494 e. The Labute approximate surface area is 175 Å². The van der Waals surface area contributed by atoms with Crippen molar-refractivity contribution in [2.45, 2.75) is 51.4 Å². The molecule has 3 N–H and O–H groups in total. The maximum Gasteiger partial charge on any atom is 0.217 e. The second kappa shape index (κ2) is 11.7. The van der Waals surface area contributed by atoms with E-state index in [1.165, 1.54) is 11.8 Å². The van der Waals surface area contributed by atoms with Crippen molar-refractivity contribution in [3.05, 3.63) is 30.1 Å². The number of aliphatic hydroxyl groups excluding tert-OH is 1. The Hall–Kier alpha value is -2.26. The number of ether oxygens (including phenoxy) is 2. The summed E-state index contributed by atoms with van der Waals surface area (Å²) in [7, 11) is 0. The molecule has 0 saturated carbocycles. The first-order valence-electron chi connectivity index (χ1n) is 9.76. The number of aliphatic hydroxyl groups is 1. The second-order valence-corrected chi connectivity index (χ2v) is 8.04. The van der Waals surface area contributed by atoms with Crippen LogP contribution in [-0.2, 0) is 17.8 Å². The number of nitrogens with two attached hydrogens (primary N) is 1. The van der Waals surface area contributed by atoms with Crippen LogP contribution in [0.4, 0.5) is 0 Å². The van der Waals surface area contributed by atoms with Crippen molar-refractivity contribution in [1.82, 2.24) is 14.8 Å². The van der Waals surface area contributed by atoms with E-state index in [-0.39, 0.29) is 18.9 Å². The summed E-state index contributed by atoms with van der Waals surface area (Å²) in [6, 6.07) is 7.30. The van der Waals surface area contributed by atoms with Crippen LogP contribution >= 0.6 is 11.8 Å². The molecular formula is C20H30N4O4S. The Morgan fingerprint density at radius 1 is 1.21 bits per heavy atom. The number of benzene rings is 1. The number of aryl methyl sites for hydroxylation is 1. The highest BCUT2D eigenvalue weighted by molar-refractivity contribution is 7.99. The predicted molar refractivity (Wildman–Crippen MR) is 112 cm³/mol. The average molecular weight is 423 g/mol. The van der Waals surface area contributed by atoms with Gasteiger partial charge < -0.3 is 24.9 Å². The van der Waals surface area contributed by atoms with E-state index in [0.29, 0.717) is 30.4 Å². The highest BCUT2D eigenvalue weighted by atomic mass is 32.2. The van der Waals surface area contributed by atoms with Crippen molar-refractivity contribution in [2.24, 2.45) is 11.7 Å². The molecule has 0 aliphatic heterocycles. The number of primary amides is 1. The lowest BCUT2D eigenvalue weighted by Crippen LogP contribution is -2.20. The smallest absolute Gasteiger partial charge is 0.217 e. The van der Waals surface area contributed by atoms with Gasteiger partial charge in [0.25, 0.3) is 0 Å². The van der Waals surface area contributed by atoms with Crippen molar-refractivity contribution >= 4 is 17.7 Å². The minimum atomic E-state index is -0.662. The Morgan fingerprint density at radius 3 is 2.45 bits per heavy atom. The van der Waals surface area contributed by atoms with Crippen LogP contribution in [0, 0.1) is 5.92 Å². The van der Waals surface area contributed by atoms with Crippen molar-refractivity contribution in [1.29, 1.82) is 0 Å². The zero-order chi connectivity index (χ0) is 21.2. The summed E-state index contributed by atoms with van der Waals surface area (Å²) in [5.74, 6) is 2.65. The fourth-order valence-electron chi connectivity index (χ4n) is 2.60. The predicted octanol–water partition coefficient (Wildman–Crippen LogP) is 2.28. The molecule has 160 valence electrons. The molecule has 0 fully saturated rings. The topological polar surface area (TPSA) is 112 Å². The van der Waals surface area contributed by atoms with Crippen molar-refractivity contribution in [3.8, 4) is 11.5 Å². The average Bonchev–Trinajstić information content (AvgIpc) is 3.05. The van der Waals surface area contributed by atoms with E-state index in [9.17, 15) is 9.90 Å². The van der Waals surface area contributed by atoms with Crippen molar-refractivity contribution < 1.29 is 19.4 Å². The fraction of sp³-hybridized carbons (Fsp3) is 0.550. The molecule has 0 aliphatic carbocycles. The number of carbonyl (C=O) groups is 1. The molecule has 1 aromatic heterocycles. The molecule has 1 aromatic carbocycles. The van der Waals surface area contributed by atoms with Crippen LogP contribution in [0.2, 0.25) is 0 Å². The molecule has 0 bridgehead atoms. The largest absolute Gasteiger partial charge is 0.494 e. The molecule has 2 aromatic rings. The van der Waals surface area contributed by atoms with Gasteiger partial charge in [-0.05, 0) is 37.1 Å². The number of carbonyl (C=O) groups excluding carboxylic acids is 1. The van der Waals surface area contributed by atoms with Gasteiger partial charge in [0.1, 0.15) is 23.9 Å². The first-order valence-corrected chi connectivity index (χ1v) is 10.7. The zero-order valence-electron chi connectivity index (χ0n) is 17.2. The monoisotopic (exact) mass is 422 g/mol. The van der Waals surface area contributed by atoms with Crippen LogP contribution in [0.3, 0.4) is 0 Å². The van der Waals surface area contributed by atoms with Gasteiger partial charge in [0.2, 0.25) is 5.91 Å².